The van der Waals surface area contributed by atoms with E-state index in [9.17, 15) is 14.4 Å². The predicted molar refractivity (Wildman–Crippen MR) is 107 cm³/mol. The van der Waals surface area contributed by atoms with E-state index in [4.69, 9.17) is 9.47 Å². The van der Waals surface area contributed by atoms with Crippen LogP contribution < -0.4 is 10.6 Å². The molecule has 0 saturated heterocycles. The Labute approximate surface area is 168 Å². The Morgan fingerprint density at radius 2 is 1.64 bits per heavy atom. The molecule has 0 spiro atoms. The summed E-state index contributed by atoms with van der Waals surface area (Å²) in [6, 6.07) is 0. The number of nitrogens with zero attached hydrogens (tertiary/aromatic N) is 1. The molecule has 0 aliphatic heterocycles. The van der Waals surface area contributed by atoms with Gasteiger partial charge in [-0.3, -0.25) is 9.59 Å². The number of carbonyl (C=O) groups excluding carboxylic acids is 3. The maximum Gasteiger partial charge on any atom is 0.407 e. The summed E-state index contributed by atoms with van der Waals surface area (Å²) >= 11 is 0. The molecule has 1 atom stereocenters. The molecular weight excluding hydrogens is 362 g/mol. The zero-order chi connectivity index (χ0) is 21.4. The van der Waals surface area contributed by atoms with Gasteiger partial charge in [-0.15, -0.1) is 0 Å². The third-order valence-corrected chi connectivity index (χ3v) is 4.94. The lowest BCUT2D eigenvalue weighted by atomic mass is 9.80. The third kappa shape index (κ3) is 6.96. The van der Waals surface area contributed by atoms with Crippen molar-refractivity contribution in [2.24, 2.45) is 0 Å². The van der Waals surface area contributed by atoms with E-state index in [2.05, 4.69) is 10.6 Å². The van der Waals surface area contributed by atoms with Crippen LogP contribution in [0.3, 0.4) is 0 Å². The molecule has 0 aromatic rings. The maximum atomic E-state index is 13.1. The summed E-state index contributed by atoms with van der Waals surface area (Å²) in [5.41, 5.74) is -1.53. The first-order valence-corrected chi connectivity index (χ1v) is 10.2. The Bertz CT molecular complexity index is 534. The number of likely N-dealkylation sites (N-methyl/N-ethyl adjacent to an activating group) is 1. The number of methoxy groups -OCH3 is 1. The molecule has 0 bridgehead atoms. The van der Waals surface area contributed by atoms with E-state index in [1.165, 1.54) is 7.11 Å². The number of amides is 3. The Morgan fingerprint density at radius 3 is 2.11 bits per heavy atom. The van der Waals surface area contributed by atoms with E-state index in [0.29, 0.717) is 25.9 Å². The largest absolute Gasteiger partial charge is 0.444 e. The second-order valence-corrected chi connectivity index (χ2v) is 8.22. The molecule has 0 unspecified atom stereocenters. The van der Waals surface area contributed by atoms with E-state index < -0.39 is 29.2 Å². The smallest absolute Gasteiger partial charge is 0.407 e. The molecule has 8 heteroatoms. The number of nitrogens with one attached hydrogen (secondary N) is 2. The molecule has 0 aromatic carbocycles. The highest BCUT2D eigenvalue weighted by Gasteiger charge is 2.43. The first-order valence-electron chi connectivity index (χ1n) is 10.2. The highest BCUT2D eigenvalue weighted by molar-refractivity contribution is 5.93. The van der Waals surface area contributed by atoms with E-state index in [1.807, 2.05) is 13.8 Å². The highest BCUT2D eigenvalue weighted by Crippen LogP contribution is 2.30. The van der Waals surface area contributed by atoms with Gasteiger partial charge in [0.05, 0.1) is 6.54 Å². The van der Waals surface area contributed by atoms with Crippen LogP contribution in [0.2, 0.25) is 0 Å². The van der Waals surface area contributed by atoms with Crippen molar-refractivity contribution < 1.29 is 23.9 Å². The second kappa shape index (κ2) is 10.6. The molecule has 0 aromatic heterocycles. The molecule has 1 fully saturated rings. The summed E-state index contributed by atoms with van der Waals surface area (Å²) in [5, 5.41) is 5.51. The molecule has 1 aliphatic carbocycles. The van der Waals surface area contributed by atoms with Crippen LogP contribution in [0.15, 0.2) is 0 Å². The third-order valence-electron chi connectivity index (χ3n) is 4.94. The molecule has 0 radical (unpaired) electrons. The second-order valence-electron chi connectivity index (χ2n) is 8.22. The van der Waals surface area contributed by atoms with Crippen molar-refractivity contribution in [2.75, 3.05) is 26.7 Å². The van der Waals surface area contributed by atoms with E-state index >= 15 is 0 Å². The van der Waals surface area contributed by atoms with Crippen molar-refractivity contribution >= 4 is 17.9 Å². The summed E-state index contributed by atoms with van der Waals surface area (Å²) in [4.78, 5) is 39.6. The van der Waals surface area contributed by atoms with Crippen molar-refractivity contribution in [1.29, 1.82) is 0 Å². The van der Waals surface area contributed by atoms with Gasteiger partial charge >= 0.3 is 6.09 Å². The average Bonchev–Trinajstić information content (AvgIpc) is 2.62. The molecule has 162 valence electrons. The minimum absolute atomic E-state index is 0.0349. The maximum absolute atomic E-state index is 13.1. The van der Waals surface area contributed by atoms with Gasteiger partial charge in [0.2, 0.25) is 5.91 Å². The summed E-state index contributed by atoms with van der Waals surface area (Å²) in [6.07, 6.45) is 2.54. The minimum atomic E-state index is -0.907. The monoisotopic (exact) mass is 399 g/mol. The zero-order valence-corrected chi connectivity index (χ0v) is 18.2. The fraction of sp³-hybridized carbons (Fsp3) is 0.850. The number of hydrogen-bond donors (Lipinski definition) is 2. The van der Waals surface area contributed by atoms with Gasteiger partial charge in [-0.1, -0.05) is 19.3 Å². The first-order chi connectivity index (χ1) is 13.1. The lowest BCUT2D eigenvalue weighted by Gasteiger charge is -2.40. The molecule has 0 heterocycles. The number of alkyl carbamates (subject to hydrolysis) is 1. The summed E-state index contributed by atoms with van der Waals surface area (Å²) in [7, 11) is 1.40. The van der Waals surface area contributed by atoms with E-state index in [0.717, 1.165) is 19.3 Å². The van der Waals surface area contributed by atoms with Crippen LogP contribution in [0.5, 0.6) is 0 Å². The normalized spacial score (nSPS) is 17.4. The lowest BCUT2D eigenvalue weighted by Crippen LogP contribution is -2.62. The van der Waals surface area contributed by atoms with Gasteiger partial charge in [0.15, 0.2) is 6.10 Å². The van der Waals surface area contributed by atoms with Crippen LogP contribution in [-0.2, 0) is 19.1 Å². The van der Waals surface area contributed by atoms with Crippen molar-refractivity contribution in [3.05, 3.63) is 0 Å². The Morgan fingerprint density at radius 1 is 1.07 bits per heavy atom. The molecule has 2 N–H and O–H groups in total. The molecular formula is C20H37N3O5. The quantitative estimate of drug-likeness (QED) is 0.652. The fourth-order valence-electron chi connectivity index (χ4n) is 3.45. The molecule has 3 amide bonds. The van der Waals surface area contributed by atoms with E-state index in [-0.39, 0.29) is 12.5 Å². The molecule has 1 rings (SSSR count). The number of ether oxygens (including phenoxy) is 2. The number of rotatable bonds is 8. The SMILES string of the molecule is CCN(CC)C(=O)C1(NC(=O)[C@H](CNC(=O)OC(C)(C)C)OC)CCCCC1. The minimum Gasteiger partial charge on any atom is -0.444 e. The summed E-state index contributed by atoms with van der Waals surface area (Å²) in [5.74, 6) is -0.443. The van der Waals surface area contributed by atoms with Gasteiger partial charge in [-0.05, 0) is 47.5 Å². The predicted octanol–water partition coefficient (Wildman–Crippen LogP) is 2.21. The van der Waals surface area contributed by atoms with Crippen molar-refractivity contribution in [3.63, 3.8) is 0 Å². The van der Waals surface area contributed by atoms with Gasteiger partial charge in [-0.25, -0.2) is 4.79 Å². The molecule has 28 heavy (non-hydrogen) atoms. The molecule has 1 aliphatic rings. The number of hydrogen-bond acceptors (Lipinski definition) is 5. The highest BCUT2D eigenvalue weighted by atomic mass is 16.6. The van der Waals surface area contributed by atoms with Gasteiger partial charge in [0, 0.05) is 20.2 Å². The van der Waals surface area contributed by atoms with Gasteiger partial charge in [-0.2, -0.15) is 0 Å². The van der Waals surface area contributed by atoms with E-state index in [1.54, 1.807) is 25.7 Å². The first kappa shape index (κ1) is 24.2. The Balaban J connectivity index is 2.82. The average molecular weight is 400 g/mol. The van der Waals surface area contributed by atoms with Gasteiger partial charge in [0.25, 0.3) is 5.91 Å². The van der Waals surface area contributed by atoms with Crippen molar-refractivity contribution in [2.45, 2.75) is 84.0 Å². The van der Waals surface area contributed by atoms with Gasteiger partial charge < -0.3 is 25.0 Å². The lowest BCUT2D eigenvalue weighted by molar-refractivity contribution is -0.146. The summed E-state index contributed by atoms with van der Waals surface area (Å²) in [6.45, 7) is 10.3. The standard InChI is InChI=1S/C20H37N3O5/c1-7-23(8-2)17(25)20(12-10-9-11-13-20)22-16(24)15(27-6)14-21-18(26)28-19(3,4)5/h15H,7-14H2,1-6H3,(H,21,26)(H,22,24)/t15-/m0/s1. The summed E-state index contributed by atoms with van der Waals surface area (Å²) < 4.78 is 10.4. The number of carbonyl (C=O) groups is 3. The Kier molecular flexibility index (Phi) is 9.20. The Hall–Kier alpha value is -1.83. The van der Waals surface area contributed by atoms with Crippen LogP contribution >= 0.6 is 0 Å². The fourth-order valence-corrected chi connectivity index (χ4v) is 3.45. The van der Waals surface area contributed by atoms with Crippen LogP contribution in [0, 0.1) is 0 Å². The van der Waals surface area contributed by atoms with Crippen LogP contribution in [-0.4, -0.2) is 66.8 Å². The molecule has 1 saturated carbocycles. The van der Waals surface area contributed by atoms with Crippen molar-refractivity contribution in [3.8, 4) is 0 Å². The van der Waals surface area contributed by atoms with Crippen molar-refractivity contribution in [1.82, 2.24) is 15.5 Å². The van der Waals surface area contributed by atoms with Gasteiger partial charge in [0.1, 0.15) is 11.1 Å². The molecule has 8 nitrogen and oxygen atoms in total. The zero-order valence-electron chi connectivity index (χ0n) is 18.2. The van der Waals surface area contributed by atoms with Crippen LogP contribution in [0.25, 0.3) is 0 Å². The topological polar surface area (TPSA) is 97.0 Å². The van der Waals surface area contributed by atoms with Crippen LogP contribution in [0.1, 0.15) is 66.7 Å². The van der Waals surface area contributed by atoms with Crippen LogP contribution in [0.4, 0.5) is 4.79 Å².